The van der Waals surface area contributed by atoms with Crippen LogP contribution in [-0.2, 0) is 14.3 Å². The van der Waals surface area contributed by atoms with Crippen molar-refractivity contribution in [2.45, 2.75) is 71.9 Å². The van der Waals surface area contributed by atoms with Crippen LogP contribution in [0.2, 0.25) is 0 Å². The Hall–Kier alpha value is -1.79. The van der Waals surface area contributed by atoms with Crippen LogP contribution in [0.3, 0.4) is 0 Å². The van der Waals surface area contributed by atoms with Crippen LogP contribution in [0.25, 0.3) is 0 Å². The lowest BCUT2D eigenvalue weighted by Crippen LogP contribution is -2.51. The van der Waals surface area contributed by atoms with E-state index in [4.69, 9.17) is 4.74 Å². The minimum Gasteiger partial charge on any atom is -0.450 e. The summed E-state index contributed by atoms with van der Waals surface area (Å²) in [6.07, 6.45) is 4.03. The number of ether oxygens (including phenoxy) is 1. The first-order valence-electron chi connectivity index (χ1n) is 10.2. The van der Waals surface area contributed by atoms with Crippen molar-refractivity contribution in [3.05, 3.63) is 0 Å². The second-order valence-corrected chi connectivity index (χ2v) is 9.58. The molecule has 7 heteroatoms. The summed E-state index contributed by atoms with van der Waals surface area (Å²) < 4.78 is 5.01. The maximum atomic E-state index is 12.8. The van der Waals surface area contributed by atoms with Crippen molar-refractivity contribution in [3.8, 4) is 0 Å². The summed E-state index contributed by atoms with van der Waals surface area (Å²) >= 11 is 0. The molecule has 2 heterocycles. The van der Waals surface area contributed by atoms with Crippen LogP contribution in [0.5, 0.6) is 0 Å². The highest BCUT2D eigenvalue weighted by atomic mass is 16.6. The molecule has 2 unspecified atom stereocenters. The van der Waals surface area contributed by atoms with Gasteiger partial charge in [-0.05, 0) is 49.9 Å². The van der Waals surface area contributed by atoms with Crippen LogP contribution in [-0.4, -0.2) is 66.0 Å². The highest BCUT2D eigenvalue weighted by Gasteiger charge is 2.51. The van der Waals surface area contributed by atoms with Crippen LogP contribution < -0.4 is 5.32 Å². The highest BCUT2D eigenvalue weighted by Crippen LogP contribution is 2.52. The lowest BCUT2D eigenvalue weighted by molar-refractivity contribution is -0.147. The molecule has 2 bridgehead atoms. The van der Waals surface area contributed by atoms with Crippen molar-refractivity contribution >= 4 is 17.9 Å². The fourth-order valence-electron chi connectivity index (χ4n) is 5.50. The van der Waals surface area contributed by atoms with Gasteiger partial charge < -0.3 is 19.9 Å². The van der Waals surface area contributed by atoms with E-state index in [1.807, 2.05) is 0 Å². The van der Waals surface area contributed by atoms with E-state index in [0.29, 0.717) is 39.1 Å². The average molecular weight is 380 g/mol. The topological polar surface area (TPSA) is 79.0 Å². The van der Waals surface area contributed by atoms with Gasteiger partial charge in [0.2, 0.25) is 0 Å². The molecule has 2 saturated heterocycles. The summed E-state index contributed by atoms with van der Waals surface area (Å²) in [5.74, 6) is -0.896. The standard InChI is InChI=1S/C20H33N3O4/c1-5-27-18(26)22-8-6-14(7-9-22)21-16(24)17(25)23-13-20(4)11-15(23)10-19(2,3)12-20/h14-15H,5-13H2,1-4H3,(H,21,24). The number of likely N-dealkylation sites (tertiary alicyclic amines) is 2. The van der Waals surface area contributed by atoms with Gasteiger partial charge in [0.1, 0.15) is 0 Å². The van der Waals surface area contributed by atoms with Crippen LogP contribution in [0.4, 0.5) is 4.79 Å². The van der Waals surface area contributed by atoms with Crippen molar-refractivity contribution in [1.82, 2.24) is 15.1 Å². The third-order valence-corrected chi connectivity index (χ3v) is 6.23. The number of nitrogens with one attached hydrogen (secondary N) is 1. The normalized spacial score (nSPS) is 30.1. The molecule has 0 aromatic rings. The Morgan fingerprint density at radius 2 is 1.78 bits per heavy atom. The predicted molar refractivity (Wildman–Crippen MR) is 101 cm³/mol. The minimum absolute atomic E-state index is 0.0684. The van der Waals surface area contributed by atoms with E-state index in [9.17, 15) is 14.4 Å². The van der Waals surface area contributed by atoms with Gasteiger partial charge in [-0.2, -0.15) is 0 Å². The molecule has 27 heavy (non-hydrogen) atoms. The number of rotatable bonds is 2. The molecule has 7 nitrogen and oxygen atoms in total. The molecular weight excluding hydrogens is 346 g/mol. The molecule has 1 saturated carbocycles. The van der Waals surface area contributed by atoms with E-state index < -0.39 is 11.8 Å². The number of amides is 3. The molecule has 0 spiro atoms. The maximum Gasteiger partial charge on any atom is 0.409 e. The first kappa shape index (κ1) is 20.0. The average Bonchev–Trinajstić information content (AvgIpc) is 2.83. The molecule has 0 radical (unpaired) electrons. The Morgan fingerprint density at radius 3 is 2.41 bits per heavy atom. The fourth-order valence-corrected chi connectivity index (χ4v) is 5.50. The van der Waals surface area contributed by atoms with Gasteiger partial charge in [-0.1, -0.05) is 20.8 Å². The predicted octanol–water partition coefficient (Wildman–Crippen LogP) is 2.15. The zero-order chi connectivity index (χ0) is 19.8. The quantitative estimate of drug-likeness (QED) is 0.746. The van der Waals surface area contributed by atoms with Crippen molar-refractivity contribution < 1.29 is 19.1 Å². The molecule has 3 fully saturated rings. The Balaban J connectivity index is 1.52. The summed E-state index contributed by atoms with van der Waals surface area (Å²) in [7, 11) is 0. The van der Waals surface area contributed by atoms with Crippen LogP contribution >= 0.6 is 0 Å². The Bertz CT molecular complexity index is 612. The van der Waals surface area contributed by atoms with Gasteiger partial charge in [-0.3, -0.25) is 9.59 Å². The van der Waals surface area contributed by atoms with Crippen LogP contribution in [0.15, 0.2) is 0 Å². The van der Waals surface area contributed by atoms with Gasteiger partial charge in [-0.25, -0.2) is 4.79 Å². The fraction of sp³-hybridized carbons (Fsp3) is 0.850. The number of nitrogens with zero attached hydrogens (tertiary/aromatic N) is 2. The second kappa shape index (κ2) is 7.32. The summed E-state index contributed by atoms with van der Waals surface area (Å²) in [5, 5.41) is 2.89. The minimum atomic E-state index is -0.501. The molecule has 2 atom stereocenters. The number of hydrogen-bond donors (Lipinski definition) is 1. The molecule has 0 aromatic carbocycles. The van der Waals surface area contributed by atoms with Gasteiger partial charge >= 0.3 is 17.9 Å². The SMILES string of the molecule is CCOC(=O)N1CCC(NC(=O)C(=O)N2CC3(C)CC2CC(C)(C)C3)CC1. The van der Waals surface area contributed by atoms with Gasteiger partial charge in [0.15, 0.2) is 0 Å². The van der Waals surface area contributed by atoms with Crippen molar-refractivity contribution in [1.29, 1.82) is 0 Å². The molecule has 3 rings (SSSR count). The summed E-state index contributed by atoms with van der Waals surface area (Å²) in [6, 6.07) is 0.101. The Kier molecular flexibility index (Phi) is 5.41. The molecule has 152 valence electrons. The summed E-state index contributed by atoms with van der Waals surface area (Å²) in [4.78, 5) is 40.6. The molecule has 0 aromatic heterocycles. The first-order chi connectivity index (χ1) is 12.6. The first-order valence-corrected chi connectivity index (χ1v) is 10.2. The summed E-state index contributed by atoms with van der Waals surface area (Å²) in [6.45, 7) is 10.6. The number of fused-ring (bicyclic) bond motifs is 2. The van der Waals surface area contributed by atoms with E-state index in [1.54, 1.807) is 16.7 Å². The number of hydrogen-bond acceptors (Lipinski definition) is 4. The van der Waals surface area contributed by atoms with E-state index in [1.165, 1.54) is 0 Å². The maximum absolute atomic E-state index is 12.8. The van der Waals surface area contributed by atoms with Crippen molar-refractivity contribution in [2.24, 2.45) is 10.8 Å². The molecule has 3 aliphatic rings. The lowest BCUT2D eigenvalue weighted by Gasteiger charge is -2.39. The zero-order valence-electron chi connectivity index (χ0n) is 17.0. The lowest BCUT2D eigenvalue weighted by atomic mass is 9.65. The molecule has 2 aliphatic heterocycles. The Labute approximate surface area is 161 Å². The third kappa shape index (κ3) is 4.38. The Morgan fingerprint density at radius 1 is 1.11 bits per heavy atom. The van der Waals surface area contributed by atoms with Gasteiger partial charge in [-0.15, -0.1) is 0 Å². The number of carbonyl (C=O) groups excluding carboxylic acids is 3. The van der Waals surface area contributed by atoms with Gasteiger partial charge in [0.05, 0.1) is 6.61 Å². The highest BCUT2D eigenvalue weighted by molar-refractivity contribution is 6.35. The van der Waals surface area contributed by atoms with E-state index in [-0.39, 0.29) is 29.0 Å². The molecular formula is C20H33N3O4. The van der Waals surface area contributed by atoms with Crippen molar-refractivity contribution in [2.75, 3.05) is 26.2 Å². The van der Waals surface area contributed by atoms with Gasteiger partial charge in [0, 0.05) is 31.7 Å². The number of piperidine rings is 1. The molecule has 1 aliphatic carbocycles. The summed E-state index contributed by atoms with van der Waals surface area (Å²) in [5.41, 5.74) is 0.330. The smallest absolute Gasteiger partial charge is 0.409 e. The number of carbonyl (C=O) groups is 3. The van der Waals surface area contributed by atoms with E-state index in [2.05, 4.69) is 26.1 Å². The van der Waals surface area contributed by atoms with E-state index >= 15 is 0 Å². The largest absolute Gasteiger partial charge is 0.450 e. The van der Waals surface area contributed by atoms with Crippen LogP contribution in [0, 0.1) is 10.8 Å². The second-order valence-electron chi connectivity index (χ2n) is 9.58. The monoisotopic (exact) mass is 379 g/mol. The third-order valence-electron chi connectivity index (χ3n) is 6.23. The van der Waals surface area contributed by atoms with Gasteiger partial charge in [0.25, 0.3) is 0 Å². The van der Waals surface area contributed by atoms with E-state index in [0.717, 1.165) is 19.3 Å². The molecule has 1 N–H and O–H groups in total. The van der Waals surface area contributed by atoms with Crippen molar-refractivity contribution in [3.63, 3.8) is 0 Å². The molecule has 3 amide bonds. The van der Waals surface area contributed by atoms with Crippen LogP contribution in [0.1, 0.15) is 59.8 Å². The zero-order valence-corrected chi connectivity index (χ0v) is 17.0.